The van der Waals surface area contributed by atoms with Gasteiger partial charge in [-0.2, -0.15) is 39.5 Å². The molecule has 3 nitrogen and oxygen atoms in total. The number of alkyl halides is 9. The third-order valence-electron chi connectivity index (χ3n) is 4.84. The highest BCUT2D eigenvalue weighted by atomic mass is 19.4. The Kier molecular flexibility index (Phi) is 8.20. The highest BCUT2D eigenvalue weighted by molar-refractivity contribution is 5.70. The van der Waals surface area contributed by atoms with Gasteiger partial charge in [-0.3, -0.25) is 4.79 Å². The van der Waals surface area contributed by atoms with E-state index in [4.69, 9.17) is 10.8 Å². The molecule has 0 aliphatic heterocycles. The predicted octanol–water partition coefficient (Wildman–Crippen LogP) is 5.75. The Morgan fingerprint density at radius 1 is 0.967 bits per heavy atom. The van der Waals surface area contributed by atoms with Gasteiger partial charge in [-0.1, -0.05) is 13.3 Å². The van der Waals surface area contributed by atoms with Gasteiger partial charge in [0.15, 0.2) is 0 Å². The van der Waals surface area contributed by atoms with Gasteiger partial charge in [-0.25, -0.2) is 0 Å². The Bertz CT molecular complexity index is 739. The summed E-state index contributed by atoms with van der Waals surface area (Å²) in [5.74, 6) is -2.99. The number of benzene rings is 1. The molecule has 1 aromatic rings. The van der Waals surface area contributed by atoms with Crippen LogP contribution in [0, 0.1) is 11.8 Å². The molecule has 0 heterocycles. The first kappa shape index (κ1) is 26.1. The van der Waals surface area contributed by atoms with Crippen molar-refractivity contribution < 1.29 is 49.4 Å². The van der Waals surface area contributed by atoms with Gasteiger partial charge in [0.05, 0.1) is 22.6 Å². The second kappa shape index (κ2) is 9.44. The maximum atomic E-state index is 13.4. The van der Waals surface area contributed by atoms with Gasteiger partial charge >= 0.3 is 24.5 Å². The summed E-state index contributed by atoms with van der Waals surface area (Å²) in [4.78, 5) is 11.1. The largest absolute Gasteiger partial charge is 0.481 e. The summed E-state index contributed by atoms with van der Waals surface area (Å²) in [6.45, 7) is 1.25. The number of nitrogens with two attached hydrogens (primary N) is 1. The van der Waals surface area contributed by atoms with Crippen LogP contribution in [0.5, 0.6) is 0 Å². The number of carboxylic acids is 1. The molecule has 0 amide bonds. The Balaban J connectivity index is 3.49. The molecule has 1 rings (SSSR count). The minimum atomic E-state index is -5.68. The molecule has 3 N–H and O–H groups in total. The maximum absolute atomic E-state index is 13.4. The van der Waals surface area contributed by atoms with E-state index >= 15 is 0 Å². The van der Waals surface area contributed by atoms with Crippen molar-refractivity contribution in [2.45, 2.75) is 51.1 Å². The van der Waals surface area contributed by atoms with E-state index < -0.39 is 65.0 Å². The van der Waals surface area contributed by atoms with Crippen molar-refractivity contribution in [3.63, 3.8) is 0 Å². The molecule has 0 spiro atoms. The van der Waals surface area contributed by atoms with Gasteiger partial charge in [-0.05, 0) is 42.9 Å². The van der Waals surface area contributed by atoms with Gasteiger partial charge in [0.2, 0.25) is 0 Å². The first-order valence-electron chi connectivity index (χ1n) is 8.84. The van der Waals surface area contributed by atoms with Crippen LogP contribution in [0.15, 0.2) is 12.1 Å². The zero-order valence-corrected chi connectivity index (χ0v) is 15.7. The lowest BCUT2D eigenvalue weighted by Gasteiger charge is -2.25. The van der Waals surface area contributed by atoms with E-state index in [1.807, 2.05) is 0 Å². The quantitative estimate of drug-likeness (QED) is 0.493. The number of hydrogen-bond acceptors (Lipinski definition) is 2. The number of halogens is 9. The van der Waals surface area contributed by atoms with Crippen LogP contribution in [0.4, 0.5) is 39.5 Å². The Hall–Kier alpha value is -1.98. The van der Waals surface area contributed by atoms with Gasteiger partial charge in [-0.15, -0.1) is 0 Å². The first-order valence-corrected chi connectivity index (χ1v) is 8.84. The van der Waals surface area contributed by atoms with E-state index in [9.17, 15) is 44.3 Å². The molecular weight excluding hydrogens is 433 g/mol. The minimum absolute atomic E-state index is 0.00567. The molecule has 0 saturated carbocycles. The van der Waals surface area contributed by atoms with Gasteiger partial charge in [0.1, 0.15) is 0 Å². The Morgan fingerprint density at radius 3 is 1.83 bits per heavy atom. The fourth-order valence-corrected chi connectivity index (χ4v) is 3.27. The van der Waals surface area contributed by atoms with Gasteiger partial charge in [0.25, 0.3) is 0 Å². The molecule has 0 radical (unpaired) electrons. The molecule has 1 aromatic carbocycles. The number of aliphatic carboxylic acids is 1. The molecule has 30 heavy (non-hydrogen) atoms. The molecule has 0 aliphatic carbocycles. The van der Waals surface area contributed by atoms with Crippen LogP contribution in [0.25, 0.3) is 0 Å². The SMILES string of the molecule is CCC(CCc1c(C(F)(F)F)ccc(C(F)(F)F)c1C(F)(F)F)CC(CN)C(=O)O. The summed E-state index contributed by atoms with van der Waals surface area (Å²) in [7, 11) is 0. The number of rotatable bonds is 8. The molecule has 2 unspecified atom stereocenters. The second-order valence-electron chi connectivity index (χ2n) is 6.83. The lowest BCUT2D eigenvalue weighted by Crippen LogP contribution is -2.26. The fraction of sp³-hybridized carbons (Fsp3) is 0.611. The number of hydrogen-bond donors (Lipinski definition) is 2. The minimum Gasteiger partial charge on any atom is -0.481 e. The average molecular weight is 453 g/mol. The van der Waals surface area contributed by atoms with Crippen LogP contribution in [-0.2, 0) is 29.7 Å². The third-order valence-corrected chi connectivity index (χ3v) is 4.84. The summed E-state index contributed by atoms with van der Waals surface area (Å²) in [6, 6.07) is -0.227. The van der Waals surface area contributed by atoms with Crippen LogP contribution in [0.2, 0.25) is 0 Å². The molecule has 0 bridgehead atoms. The molecule has 0 aromatic heterocycles. The van der Waals surface area contributed by atoms with Gasteiger partial charge < -0.3 is 10.8 Å². The van der Waals surface area contributed by atoms with E-state index in [0.29, 0.717) is 0 Å². The summed E-state index contributed by atoms with van der Waals surface area (Å²) in [6.07, 6.45) is -17.7. The summed E-state index contributed by atoms with van der Waals surface area (Å²) in [5.41, 5.74) is -2.55. The van der Waals surface area contributed by atoms with Crippen molar-refractivity contribution >= 4 is 5.97 Å². The molecule has 172 valence electrons. The van der Waals surface area contributed by atoms with Crippen LogP contribution in [0.1, 0.15) is 48.4 Å². The van der Waals surface area contributed by atoms with Crippen molar-refractivity contribution in [3.05, 3.63) is 34.4 Å². The standard InChI is InChI=1S/C18H20F9NO2/c1-2-9(7-10(8-28)15(29)30)3-4-11-12(16(19,20)21)5-6-13(17(22,23)24)14(11)18(25,26)27/h5-6,9-10H,2-4,7-8,28H2,1H3,(H,29,30). The zero-order valence-electron chi connectivity index (χ0n) is 15.7. The normalized spacial score (nSPS) is 15.2. The summed E-state index contributed by atoms with van der Waals surface area (Å²) in [5, 5.41) is 9.03. The zero-order chi connectivity index (χ0) is 23.5. The highest BCUT2D eigenvalue weighted by Crippen LogP contribution is 2.46. The fourth-order valence-electron chi connectivity index (χ4n) is 3.27. The van der Waals surface area contributed by atoms with E-state index in [0.717, 1.165) is 0 Å². The monoisotopic (exact) mass is 453 g/mol. The number of carboxylic acid groups (broad SMARTS) is 1. The first-order chi connectivity index (χ1) is 13.5. The molecule has 0 fully saturated rings. The molecule has 2 atom stereocenters. The van der Waals surface area contributed by atoms with E-state index in [2.05, 4.69) is 0 Å². The topological polar surface area (TPSA) is 63.3 Å². The van der Waals surface area contributed by atoms with E-state index in [1.165, 1.54) is 0 Å². The van der Waals surface area contributed by atoms with Crippen LogP contribution in [0.3, 0.4) is 0 Å². The van der Waals surface area contributed by atoms with E-state index in [-0.39, 0.29) is 37.9 Å². The molecule has 0 saturated heterocycles. The lowest BCUT2D eigenvalue weighted by molar-refractivity contribution is -0.164. The number of carbonyl (C=O) groups is 1. The molecular formula is C18H20F9NO2. The van der Waals surface area contributed by atoms with Crippen molar-refractivity contribution in [1.29, 1.82) is 0 Å². The average Bonchev–Trinajstić information content (AvgIpc) is 2.58. The van der Waals surface area contributed by atoms with Crippen molar-refractivity contribution in [2.24, 2.45) is 17.6 Å². The smallest absolute Gasteiger partial charge is 0.417 e. The highest BCUT2D eigenvalue weighted by Gasteiger charge is 2.48. The predicted molar refractivity (Wildman–Crippen MR) is 88.3 cm³/mol. The van der Waals surface area contributed by atoms with Gasteiger partial charge in [0, 0.05) is 6.54 Å². The van der Waals surface area contributed by atoms with Crippen LogP contribution >= 0.6 is 0 Å². The lowest BCUT2D eigenvalue weighted by atomic mass is 9.85. The molecule has 12 heteroatoms. The Morgan fingerprint density at radius 2 is 1.47 bits per heavy atom. The summed E-state index contributed by atoms with van der Waals surface area (Å²) >= 11 is 0. The maximum Gasteiger partial charge on any atom is 0.417 e. The summed E-state index contributed by atoms with van der Waals surface area (Å²) < 4.78 is 119. The van der Waals surface area contributed by atoms with Crippen LogP contribution in [-0.4, -0.2) is 17.6 Å². The second-order valence-corrected chi connectivity index (χ2v) is 6.83. The van der Waals surface area contributed by atoms with Crippen molar-refractivity contribution in [3.8, 4) is 0 Å². The third kappa shape index (κ3) is 6.51. The molecule has 0 aliphatic rings. The van der Waals surface area contributed by atoms with E-state index in [1.54, 1.807) is 6.92 Å². The Labute approximate surface area is 166 Å². The van der Waals surface area contributed by atoms with Crippen molar-refractivity contribution in [1.82, 2.24) is 0 Å². The van der Waals surface area contributed by atoms with Crippen LogP contribution < -0.4 is 5.73 Å². The van der Waals surface area contributed by atoms with Crippen molar-refractivity contribution in [2.75, 3.05) is 6.54 Å².